The predicted octanol–water partition coefficient (Wildman–Crippen LogP) is 9.78. The highest BCUT2D eigenvalue weighted by Crippen LogP contribution is 2.20. The summed E-state index contributed by atoms with van der Waals surface area (Å²) in [5.41, 5.74) is 3.26. The Labute approximate surface area is 242 Å². The Morgan fingerprint density at radius 2 is 1.30 bits per heavy atom. The molecule has 0 spiro atoms. The van der Waals surface area contributed by atoms with E-state index in [0.29, 0.717) is 11.1 Å². The van der Waals surface area contributed by atoms with Crippen LogP contribution in [0.25, 0.3) is 11.0 Å². The molecule has 0 saturated carbocycles. The van der Waals surface area contributed by atoms with Gasteiger partial charge in [0.1, 0.15) is 17.1 Å². The van der Waals surface area contributed by atoms with Crippen molar-refractivity contribution < 1.29 is 14.3 Å². The molecule has 1 N–H and O–H groups in total. The van der Waals surface area contributed by atoms with Gasteiger partial charge in [0.05, 0.1) is 24.8 Å². The number of aromatic nitrogens is 2. The molecular formula is C35H52N2O3. The van der Waals surface area contributed by atoms with Gasteiger partial charge in [0.15, 0.2) is 0 Å². The summed E-state index contributed by atoms with van der Waals surface area (Å²) >= 11 is 0. The van der Waals surface area contributed by atoms with E-state index in [4.69, 9.17) is 9.47 Å². The predicted molar refractivity (Wildman–Crippen MR) is 166 cm³/mol. The number of nitrogens with one attached hydrogen (secondary N) is 1. The second-order valence-corrected chi connectivity index (χ2v) is 11.2. The largest absolute Gasteiger partial charge is 0.494 e. The molecule has 0 unspecified atom stereocenters. The molecule has 0 amide bonds. The lowest BCUT2D eigenvalue weighted by Crippen LogP contribution is -2.01. The number of unbranched alkanes of at least 4 members (excludes halogenated alkanes) is 15. The fourth-order valence-electron chi connectivity index (χ4n) is 5.33. The minimum Gasteiger partial charge on any atom is -0.494 e. The number of aromatic amines is 1. The zero-order valence-electron chi connectivity index (χ0n) is 25.1. The van der Waals surface area contributed by atoms with Gasteiger partial charge >= 0.3 is 5.97 Å². The molecule has 0 aliphatic rings. The minimum absolute atomic E-state index is 0.362. The molecule has 3 rings (SSSR count). The number of ether oxygens (including phenoxy) is 2. The van der Waals surface area contributed by atoms with Crippen LogP contribution in [-0.2, 0) is 17.6 Å². The van der Waals surface area contributed by atoms with E-state index in [1.165, 1.54) is 109 Å². The Kier molecular flexibility index (Phi) is 15.3. The molecular weight excluding hydrogens is 496 g/mol. The summed E-state index contributed by atoms with van der Waals surface area (Å²) in [5, 5.41) is 0. The van der Waals surface area contributed by atoms with Crippen molar-refractivity contribution in [1.82, 2.24) is 9.97 Å². The molecule has 0 bridgehead atoms. The second kappa shape index (κ2) is 19.3. The molecule has 1 aromatic heterocycles. The third-order valence-electron chi connectivity index (χ3n) is 7.81. The quantitative estimate of drug-likeness (QED) is 0.100. The topological polar surface area (TPSA) is 64.2 Å². The number of hydrogen-bond acceptors (Lipinski definition) is 4. The van der Waals surface area contributed by atoms with Crippen LogP contribution in [0.2, 0.25) is 0 Å². The Morgan fingerprint density at radius 1 is 0.725 bits per heavy atom. The van der Waals surface area contributed by atoms with Gasteiger partial charge in [-0.05, 0) is 42.7 Å². The summed E-state index contributed by atoms with van der Waals surface area (Å²) in [6, 6.07) is 13.9. The molecule has 1 heterocycles. The lowest BCUT2D eigenvalue weighted by molar-refractivity contribution is 0.0602. The standard InChI is InChI=1S/C35H52N2O3/c1-3-4-5-6-7-8-9-10-11-12-13-14-15-16-17-18-28-40-30-25-22-29(23-26-30)24-27-33-36-32-21-19-20-31(34(32)37-33)35(38)39-2/h19-23,25-26H,3-18,24,27-28H2,1-2H3,(H,36,37). The van der Waals surface area contributed by atoms with Gasteiger partial charge in [-0.25, -0.2) is 9.78 Å². The molecule has 0 aliphatic carbocycles. The number of imidazole rings is 1. The van der Waals surface area contributed by atoms with Crippen LogP contribution in [0.4, 0.5) is 0 Å². The van der Waals surface area contributed by atoms with Crippen LogP contribution >= 0.6 is 0 Å². The van der Waals surface area contributed by atoms with E-state index in [-0.39, 0.29) is 5.97 Å². The Hall–Kier alpha value is -2.82. The van der Waals surface area contributed by atoms with Gasteiger partial charge in [-0.3, -0.25) is 0 Å². The SMILES string of the molecule is CCCCCCCCCCCCCCCCCCOc1ccc(CCc2nc3c(C(=O)OC)cccc3[nH]2)cc1. The molecule has 0 fully saturated rings. The van der Waals surface area contributed by atoms with Crippen molar-refractivity contribution in [2.24, 2.45) is 0 Å². The fraction of sp³-hybridized carbons (Fsp3) is 0.600. The first-order valence-electron chi connectivity index (χ1n) is 16.0. The average Bonchev–Trinajstić information content (AvgIpc) is 3.41. The molecule has 5 nitrogen and oxygen atoms in total. The Balaban J connectivity index is 1.18. The van der Waals surface area contributed by atoms with E-state index in [1.807, 2.05) is 12.1 Å². The summed E-state index contributed by atoms with van der Waals surface area (Å²) in [6.07, 6.45) is 23.8. The van der Waals surface area contributed by atoms with Crippen molar-refractivity contribution in [2.75, 3.05) is 13.7 Å². The summed E-state index contributed by atoms with van der Waals surface area (Å²) in [7, 11) is 1.39. The van der Waals surface area contributed by atoms with E-state index in [1.54, 1.807) is 6.07 Å². The average molecular weight is 549 g/mol. The lowest BCUT2D eigenvalue weighted by Gasteiger charge is -2.07. The first kappa shape index (κ1) is 31.7. The number of aryl methyl sites for hydroxylation is 2. The third kappa shape index (κ3) is 11.7. The molecule has 40 heavy (non-hydrogen) atoms. The molecule has 0 atom stereocenters. The van der Waals surface area contributed by atoms with Gasteiger partial charge < -0.3 is 14.5 Å². The van der Waals surface area contributed by atoms with Crippen LogP contribution in [0.1, 0.15) is 131 Å². The number of esters is 1. The van der Waals surface area contributed by atoms with E-state index in [9.17, 15) is 4.79 Å². The van der Waals surface area contributed by atoms with Crippen LogP contribution in [0.3, 0.4) is 0 Å². The van der Waals surface area contributed by atoms with Crippen molar-refractivity contribution >= 4 is 17.0 Å². The Morgan fingerprint density at radius 3 is 1.88 bits per heavy atom. The van der Waals surface area contributed by atoms with E-state index >= 15 is 0 Å². The van der Waals surface area contributed by atoms with Gasteiger partial charge in [0.25, 0.3) is 0 Å². The number of fused-ring (bicyclic) bond motifs is 1. The normalized spacial score (nSPS) is 11.2. The number of methoxy groups -OCH3 is 1. The van der Waals surface area contributed by atoms with Crippen molar-refractivity contribution in [3.63, 3.8) is 0 Å². The number of H-pyrrole nitrogens is 1. The maximum atomic E-state index is 12.0. The van der Waals surface area contributed by atoms with Gasteiger partial charge in [-0.2, -0.15) is 0 Å². The molecule has 3 aromatic rings. The van der Waals surface area contributed by atoms with Crippen LogP contribution in [0, 0.1) is 0 Å². The van der Waals surface area contributed by atoms with Crippen LogP contribution in [-0.4, -0.2) is 29.7 Å². The maximum absolute atomic E-state index is 12.0. The van der Waals surface area contributed by atoms with Gasteiger partial charge in [0, 0.05) is 6.42 Å². The number of para-hydroxylation sites is 1. The highest BCUT2D eigenvalue weighted by molar-refractivity contribution is 6.01. The first-order valence-corrected chi connectivity index (χ1v) is 16.0. The zero-order valence-corrected chi connectivity index (χ0v) is 25.1. The smallest absolute Gasteiger partial charge is 0.340 e. The summed E-state index contributed by atoms with van der Waals surface area (Å²) in [4.78, 5) is 20.0. The lowest BCUT2D eigenvalue weighted by atomic mass is 10.0. The fourth-order valence-corrected chi connectivity index (χ4v) is 5.33. The van der Waals surface area contributed by atoms with Crippen LogP contribution < -0.4 is 4.74 Å². The number of carbonyl (C=O) groups excluding carboxylic acids is 1. The van der Waals surface area contributed by atoms with Gasteiger partial charge in [-0.15, -0.1) is 0 Å². The number of carbonyl (C=O) groups is 1. The molecule has 2 aromatic carbocycles. The van der Waals surface area contributed by atoms with Crippen molar-refractivity contribution in [3.05, 3.63) is 59.4 Å². The maximum Gasteiger partial charge on any atom is 0.340 e. The van der Waals surface area contributed by atoms with Crippen molar-refractivity contribution in [2.45, 2.75) is 122 Å². The van der Waals surface area contributed by atoms with E-state index < -0.39 is 0 Å². The van der Waals surface area contributed by atoms with E-state index in [0.717, 1.165) is 43.0 Å². The molecule has 220 valence electrons. The highest BCUT2D eigenvalue weighted by Gasteiger charge is 2.13. The Bertz CT molecular complexity index is 1090. The summed E-state index contributed by atoms with van der Waals surface area (Å²) in [5.74, 6) is 1.45. The van der Waals surface area contributed by atoms with E-state index in [2.05, 4.69) is 41.2 Å². The van der Waals surface area contributed by atoms with Crippen LogP contribution in [0.5, 0.6) is 5.75 Å². The number of rotatable bonds is 22. The summed E-state index contributed by atoms with van der Waals surface area (Å²) < 4.78 is 10.8. The molecule has 5 heteroatoms. The summed E-state index contributed by atoms with van der Waals surface area (Å²) in [6.45, 7) is 3.08. The zero-order chi connectivity index (χ0) is 28.3. The van der Waals surface area contributed by atoms with Gasteiger partial charge in [0.2, 0.25) is 0 Å². The van der Waals surface area contributed by atoms with Crippen LogP contribution in [0.15, 0.2) is 42.5 Å². The monoisotopic (exact) mass is 548 g/mol. The highest BCUT2D eigenvalue weighted by atomic mass is 16.5. The number of hydrogen-bond donors (Lipinski definition) is 1. The number of benzene rings is 2. The molecule has 0 radical (unpaired) electrons. The first-order chi connectivity index (χ1) is 19.7. The van der Waals surface area contributed by atoms with Crippen molar-refractivity contribution in [1.29, 1.82) is 0 Å². The second-order valence-electron chi connectivity index (χ2n) is 11.2. The minimum atomic E-state index is -0.362. The third-order valence-corrected chi connectivity index (χ3v) is 7.81. The molecule has 0 aliphatic heterocycles. The number of nitrogens with zero attached hydrogens (tertiary/aromatic N) is 1. The molecule has 0 saturated heterocycles. The van der Waals surface area contributed by atoms with Gasteiger partial charge in [-0.1, -0.05) is 121 Å². The van der Waals surface area contributed by atoms with Crippen molar-refractivity contribution in [3.8, 4) is 5.75 Å².